The van der Waals surface area contributed by atoms with Gasteiger partial charge < -0.3 is 10.4 Å². The van der Waals surface area contributed by atoms with E-state index in [-0.39, 0.29) is 11.3 Å². The molecular formula is C20H24N2O5S2. The minimum absolute atomic E-state index is 0.100. The van der Waals surface area contributed by atoms with Gasteiger partial charge in [0.2, 0.25) is 15.9 Å². The predicted molar refractivity (Wildman–Crippen MR) is 115 cm³/mol. The van der Waals surface area contributed by atoms with Gasteiger partial charge in [0, 0.05) is 5.69 Å². The highest BCUT2D eigenvalue weighted by Gasteiger charge is 2.25. The summed E-state index contributed by atoms with van der Waals surface area (Å²) in [4.78, 5) is 23.6. The van der Waals surface area contributed by atoms with E-state index >= 15 is 0 Å². The second-order valence-corrected chi connectivity index (χ2v) is 9.22. The number of nitrogens with one attached hydrogen (secondary N) is 2. The maximum atomic E-state index is 12.7. The van der Waals surface area contributed by atoms with E-state index < -0.39 is 27.9 Å². The molecule has 29 heavy (non-hydrogen) atoms. The van der Waals surface area contributed by atoms with Crippen LogP contribution >= 0.6 is 11.8 Å². The largest absolute Gasteiger partial charge is 0.481 e. The molecule has 1 unspecified atom stereocenters. The van der Waals surface area contributed by atoms with Crippen LogP contribution in [0.25, 0.3) is 0 Å². The van der Waals surface area contributed by atoms with Crippen LogP contribution in [-0.4, -0.2) is 43.5 Å². The number of hydrogen-bond acceptors (Lipinski definition) is 5. The molecule has 1 atom stereocenters. The molecular weight excluding hydrogens is 412 g/mol. The number of amides is 1. The van der Waals surface area contributed by atoms with Gasteiger partial charge in [-0.3, -0.25) is 9.59 Å². The topological polar surface area (TPSA) is 113 Å². The second-order valence-electron chi connectivity index (χ2n) is 6.53. The monoisotopic (exact) mass is 436 g/mol. The fourth-order valence-corrected chi connectivity index (χ4v) is 4.26. The first-order valence-corrected chi connectivity index (χ1v) is 11.8. The number of aliphatic carboxylic acids is 1. The van der Waals surface area contributed by atoms with Crippen molar-refractivity contribution in [1.82, 2.24) is 4.72 Å². The molecule has 0 saturated carbocycles. The fraction of sp³-hybridized carbons (Fsp3) is 0.300. The third-order valence-corrected chi connectivity index (χ3v) is 6.26. The molecule has 1 amide bonds. The molecule has 156 valence electrons. The zero-order valence-corrected chi connectivity index (χ0v) is 17.8. The molecule has 0 aliphatic rings. The lowest BCUT2D eigenvalue weighted by Crippen LogP contribution is -2.44. The van der Waals surface area contributed by atoms with Crippen LogP contribution in [-0.2, 0) is 26.0 Å². The maximum Gasteiger partial charge on any atom is 0.307 e. The molecule has 0 aliphatic carbocycles. The third-order valence-electron chi connectivity index (χ3n) is 4.13. The van der Waals surface area contributed by atoms with Gasteiger partial charge in [-0.15, -0.1) is 0 Å². The Labute approximate surface area is 175 Å². The smallest absolute Gasteiger partial charge is 0.307 e. The SMILES string of the molecule is CSCCC(NS(=O)(=O)c1ccc(C)cc1)C(=O)Nc1ccc(CC(=O)O)cc1. The molecule has 0 aliphatic heterocycles. The highest BCUT2D eigenvalue weighted by molar-refractivity contribution is 7.98. The summed E-state index contributed by atoms with van der Waals surface area (Å²) in [7, 11) is -3.85. The molecule has 9 heteroatoms. The molecule has 7 nitrogen and oxygen atoms in total. The van der Waals surface area contributed by atoms with Gasteiger partial charge in [0.15, 0.2) is 0 Å². The van der Waals surface area contributed by atoms with Crippen LogP contribution in [0.5, 0.6) is 0 Å². The zero-order chi connectivity index (χ0) is 21.4. The van der Waals surface area contributed by atoms with Gasteiger partial charge >= 0.3 is 5.97 Å². The van der Waals surface area contributed by atoms with Crippen molar-refractivity contribution in [2.24, 2.45) is 0 Å². The molecule has 0 spiro atoms. The minimum Gasteiger partial charge on any atom is -0.481 e. The van der Waals surface area contributed by atoms with Crippen LogP contribution < -0.4 is 10.0 Å². The van der Waals surface area contributed by atoms with Gasteiger partial charge in [-0.05, 0) is 55.2 Å². The summed E-state index contributed by atoms with van der Waals surface area (Å²) in [5.41, 5.74) is 2.01. The normalized spacial score (nSPS) is 12.3. The quantitative estimate of drug-likeness (QED) is 0.528. The zero-order valence-electron chi connectivity index (χ0n) is 16.2. The molecule has 0 saturated heterocycles. The van der Waals surface area contributed by atoms with Gasteiger partial charge in [-0.2, -0.15) is 16.5 Å². The lowest BCUT2D eigenvalue weighted by molar-refractivity contribution is -0.136. The van der Waals surface area contributed by atoms with Crippen molar-refractivity contribution in [1.29, 1.82) is 0 Å². The number of sulfonamides is 1. The Morgan fingerprint density at radius 2 is 1.69 bits per heavy atom. The summed E-state index contributed by atoms with van der Waals surface area (Å²) >= 11 is 1.51. The van der Waals surface area contributed by atoms with Crippen molar-refractivity contribution < 1.29 is 23.1 Å². The highest BCUT2D eigenvalue weighted by atomic mass is 32.2. The first-order chi connectivity index (χ1) is 13.7. The number of carboxylic acids is 1. The van der Waals surface area contributed by atoms with E-state index in [1.165, 1.54) is 23.9 Å². The van der Waals surface area contributed by atoms with Crippen molar-refractivity contribution in [3.05, 3.63) is 59.7 Å². The third kappa shape index (κ3) is 7.19. The molecule has 3 N–H and O–H groups in total. The van der Waals surface area contributed by atoms with Crippen molar-refractivity contribution in [3.63, 3.8) is 0 Å². The van der Waals surface area contributed by atoms with Gasteiger partial charge in [0.05, 0.1) is 11.3 Å². The summed E-state index contributed by atoms with van der Waals surface area (Å²) in [6, 6.07) is 11.9. The van der Waals surface area contributed by atoms with Crippen LogP contribution in [0.2, 0.25) is 0 Å². The summed E-state index contributed by atoms with van der Waals surface area (Å²) < 4.78 is 27.8. The number of carboxylic acid groups (broad SMARTS) is 1. The Hall–Kier alpha value is -2.36. The number of benzene rings is 2. The first kappa shape index (κ1) is 22.9. The van der Waals surface area contributed by atoms with E-state index in [1.54, 1.807) is 36.4 Å². The van der Waals surface area contributed by atoms with E-state index in [0.29, 0.717) is 23.4 Å². The van der Waals surface area contributed by atoms with E-state index in [4.69, 9.17) is 5.11 Å². The number of anilines is 1. The van der Waals surface area contributed by atoms with E-state index in [2.05, 4.69) is 10.0 Å². The Bertz CT molecular complexity index is 942. The Balaban J connectivity index is 2.12. The van der Waals surface area contributed by atoms with E-state index in [0.717, 1.165) is 5.56 Å². The summed E-state index contributed by atoms with van der Waals surface area (Å²) in [5, 5.41) is 11.5. The van der Waals surface area contributed by atoms with Crippen LogP contribution in [0, 0.1) is 6.92 Å². The number of thioether (sulfide) groups is 1. The molecule has 0 fully saturated rings. The summed E-state index contributed by atoms with van der Waals surface area (Å²) in [6.07, 6.45) is 2.10. The highest BCUT2D eigenvalue weighted by Crippen LogP contribution is 2.15. The molecule has 2 rings (SSSR count). The lowest BCUT2D eigenvalue weighted by Gasteiger charge is -2.18. The summed E-state index contributed by atoms with van der Waals surface area (Å²) in [5.74, 6) is -0.809. The average molecular weight is 437 g/mol. The molecule has 0 radical (unpaired) electrons. The Morgan fingerprint density at radius 1 is 1.07 bits per heavy atom. The number of aryl methyl sites for hydroxylation is 1. The van der Waals surface area contributed by atoms with Crippen molar-refractivity contribution >= 4 is 39.3 Å². The standard InChI is InChI=1S/C20H24N2O5S2/c1-14-3-9-17(10-4-14)29(26,27)22-18(11-12-28-2)20(25)21-16-7-5-15(6-8-16)13-19(23)24/h3-10,18,22H,11-13H2,1-2H3,(H,21,25)(H,23,24). The van der Waals surface area contributed by atoms with Crippen molar-refractivity contribution in [2.45, 2.75) is 30.7 Å². The number of carbonyl (C=O) groups excluding carboxylic acids is 1. The Morgan fingerprint density at radius 3 is 2.24 bits per heavy atom. The fourth-order valence-electron chi connectivity index (χ4n) is 2.56. The lowest BCUT2D eigenvalue weighted by atomic mass is 10.1. The first-order valence-electron chi connectivity index (χ1n) is 8.91. The van der Waals surface area contributed by atoms with Gasteiger partial charge in [0.25, 0.3) is 0 Å². The van der Waals surface area contributed by atoms with Crippen LogP contribution in [0.1, 0.15) is 17.5 Å². The molecule has 0 bridgehead atoms. The maximum absolute atomic E-state index is 12.7. The predicted octanol–water partition coefficient (Wildman–Crippen LogP) is 2.66. The molecule has 2 aromatic rings. The number of carbonyl (C=O) groups is 2. The molecule has 2 aromatic carbocycles. The number of rotatable bonds is 10. The Kier molecular flexibility index (Phi) is 8.24. The molecule has 0 aromatic heterocycles. The van der Waals surface area contributed by atoms with E-state index in [1.807, 2.05) is 13.2 Å². The van der Waals surface area contributed by atoms with Gasteiger partial charge in [0.1, 0.15) is 6.04 Å². The van der Waals surface area contributed by atoms with Crippen molar-refractivity contribution in [3.8, 4) is 0 Å². The van der Waals surface area contributed by atoms with Crippen LogP contribution in [0.3, 0.4) is 0 Å². The van der Waals surface area contributed by atoms with Gasteiger partial charge in [-0.1, -0.05) is 29.8 Å². The molecule has 0 heterocycles. The average Bonchev–Trinajstić information content (AvgIpc) is 2.66. The van der Waals surface area contributed by atoms with Crippen LogP contribution in [0.15, 0.2) is 53.4 Å². The second kappa shape index (κ2) is 10.4. The minimum atomic E-state index is -3.85. The summed E-state index contributed by atoms with van der Waals surface area (Å²) in [6.45, 7) is 1.86. The van der Waals surface area contributed by atoms with E-state index in [9.17, 15) is 18.0 Å². The number of hydrogen-bond donors (Lipinski definition) is 3. The van der Waals surface area contributed by atoms with Crippen LogP contribution in [0.4, 0.5) is 5.69 Å². The van der Waals surface area contributed by atoms with Gasteiger partial charge in [-0.25, -0.2) is 8.42 Å². The van der Waals surface area contributed by atoms with Crippen molar-refractivity contribution in [2.75, 3.05) is 17.3 Å².